The van der Waals surface area contributed by atoms with Gasteiger partial charge in [-0.1, -0.05) is 36.4 Å². The summed E-state index contributed by atoms with van der Waals surface area (Å²) in [5.74, 6) is 3.25. The Bertz CT molecular complexity index is 591. The van der Waals surface area contributed by atoms with Crippen molar-refractivity contribution in [2.45, 2.75) is 12.5 Å². The Morgan fingerprint density at radius 1 is 1.09 bits per heavy atom. The molecule has 1 N–H and O–H groups in total. The molecule has 1 fully saturated rings. The van der Waals surface area contributed by atoms with Crippen molar-refractivity contribution in [1.29, 1.82) is 0 Å². The van der Waals surface area contributed by atoms with Gasteiger partial charge in [0.15, 0.2) is 0 Å². The highest BCUT2D eigenvalue weighted by molar-refractivity contribution is 7.99. The quantitative estimate of drug-likeness (QED) is 0.919. The third kappa shape index (κ3) is 4.15. The van der Waals surface area contributed by atoms with Gasteiger partial charge in [-0.15, -0.1) is 0 Å². The van der Waals surface area contributed by atoms with Crippen molar-refractivity contribution in [2.75, 3.05) is 37.7 Å². The van der Waals surface area contributed by atoms with E-state index in [2.05, 4.69) is 23.1 Å². The first kappa shape index (κ1) is 15.7. The predicted octanol–water partition coefficient (Wildman–Crippen LogP) is 3.02. The van der Waals surface area contributed by atoms with E-state index in [-0.39, 0.29) is 0 Å². The number of rotatable bonds is 5. The highest BCUT2D eigenvalue weighted by Gasteiger charge is 2.14. The van der Waals surface area contributed by atoms with Gasteiger partial charge >= 0.3 is 0 Å². The van der Waals surface area contributed by atoms with Gasteiger partial charge in [-0.3, -0.25) is 4.90 Å². The second-order valence-corrected chi connectivity index (χ2v) is 6.93. The van der Waals surface area contributed by atoms with Gasteiger partial charge in [-0.2, -0.15) is 11.8 Å². The molecule has 0 radical (unpaired) electrons. The molecule has 1 aliphatic heterocycles. The average molecular weight is 317 g/mol. The molecule has 2 aromatic rings. The van der Waals surface area contributed by atoms with Gasteiger partial charge in [0.05, 0.1) is 0 Å². The molecule has 1 saturated heterocycles. The van der Waals surface area contributed by atoms with Gasteiger partial charge in [0.25, 0.3) is 0 Å². The summed E-state index contributed by atoms with van der Waals surface area (Å²) >= 11 is 2.00. The minimum atomic E-state index is -0.443. The molecule has 0 amide bonds. The summed E-state index contributed by atoms with van der Waals surface area (Å²) in [5.41, 5.74) is 0. The predicted molar refractivity (Wildman–Crippen MR) is 93.8 cm³/mol. The van der Waals surface area contributed by atoms with Gasteiger partial charge in [0.2, 0.25) is 0 Å². The summed E-state index contributed by atoms with van der Waals surface area (Å²) in [4.78, 5) is 2.34. The average Bonchev–Trinajstić information content (AvgIpc) is 2.81. The van der Waals surface area contributed by atoms with Crippen LogP contribution in [0, 0.1) is 0 Å². The van der Waals surface area contributed by atoms with Crippen molar-refractivity contribution < 1.29 is 9.84 Å². The number of hydrogen-bond acceptors (Lipinski definition) is 4. The number of fused-ring (bicyclic) bond motifs is 1. The molecule has 0 bridgehead atoms. The first-order valence-corrected chi connectivity index (χ1v) is 9.07. The van der Waals surface area contributed by atoms with Crippen LogP contribution in [0.5, 0.6) is 5.75 Å². The monoisotopic (exact) mass is 317 g/mol. The molecule has 1 aliphatic rings. The van der Waals surface area contributed by atoms with Crippen molar-refractivity contribution in [2.24, 2.45) is 0 Å². The van der Waals surface area contributed by atoms with E-state index in [0.29, 0.717) is 13.2 Å². The fourth-order valence-corrected chi connectivity index (χ4v) is 3.76. The maximum atomic E-state index is 10.3. The number of thioether (sulfide) groups is 1. The zero-order valence-corrected chi connectivity index (χ0v) is 13.6. The summed E-state index contributed by atoms with van der Waals surface area (Å²) in [6.07, 6.45) is 0.767. The Balaban J connectivity index is 1.56. The zero-order chi connectivity index (χ0) is 15.2. The van der Waals surface area contributed by atoms with E-state index in [1.54, 1.807) is 0 Å². The van der Waals surface area contributed by atoms with Gasteiger partial charge in [0.1, 0.15) is 18.5 Å². The Hall–Kier alpha value is -1.23. The molecule has 0 spiro atoms. The van der Waals surface area contributed by atoms with Crippen molar-refractivity contribution in [3.8, 4) is 5.75 Å². The molecule has 0 saturated carbocycles. The van der Waals surface area contributed by atoms with Crippen LogP contribution in [0.2, 0.25) is 0 Å². The fraction of sp³-hybridized carbons (Fsp3) is 0.444. The lowest BCUT2D eigenvalue weighted by atomic mass is 10.1. The number of benzene rings is 2. The zero-order valence-electron chi connectivity index (χ0n) is 12.8. The van der Waals surface area contributed by atoms with E-state index in [0.717, 1.165) is 30.0 Å². The minimum Gasteiger partial charge on any atom is -0.490 e. The van der Waals surface area contributed by atoms with Crippen molar-refractivity contribution in [3.05, 3.63) is 42.5 Å². The highest BCUT2D eigenvalue weighted by atomic mass is 32.2. The molecule has 2 aromatic carbocycles. The largest absolute Gasteiger partial charge is 0.490 e. The molecule has 0 aromatic heterocycles. The number of nitrogens with zero attached hydrogens (tertiary/aromatic N) is 1. The molecule has 1 heterocycles. The van der Waals surface area contributed by atoms with Gasteiger partial charge < -0.3 is 9.84 Å². The summed E-state index contributed by atoms with van der Waals surface area (Å²) in [6, 6.07) is 14.2. The molecular formula is C18H23NO2S. The molecule has 3 nitrogen and oxygen atoms in total. The van der Waals surface area contributed by atoms with Crippen LogP contribution in [0.4, 0.5) is 0 Å². The Morgan fingerprint density at radius 2 is 1.95 bits per heavy atom. The van der Waals surface area contributed by atoms with E-state index in [1.165, 1.54) is 17.6 Å². The minimum absolute atomic E-state index is 0.345. The lowest BCUT2D eigenvalue weighted by Gasteiger charge is -2.23. The Labute approximate surface area is 136 Å². The second kappa shape index (κ2) is 7.86. The first-order valence-electron chi connectivity index (χ1n) is 7.91. The third-order valence-electron chi connectivity index (χ3n) is 3.96. The van der Waals surface area contributed by atoms with Crippen LogP contribution in [-0.2, 0) is 0 Å². The molecule has 3 rings (SSSR count). The first-order chi connectivity index (χ1) is 10.8. The van der Waals surface area contributed by atoms with Crippen LogP contribution in [-0.4, -0.2) is 53.9 Å². The van der Waals surface area contributed by atoms with E-state index in [9.17, 15) is 5.11 Å². The highest BCUT2D eigenvalue weighted by Crippen LogP contribution is 2.25. The van der Waals surface area contributed by atoms with E-state index in [1.807, 2.05) is 36.0 Å². The van der Waals surface area contributed by atoms with Crippen LogP contribution in [0.15, 0.2) is 42.5 Å². The number of β-amino-alcohol motifs (C(OH)–C–C–N with tert-alkyl or cyclic N) is 1. The van der Waals surface area contributed by atoms with E-state index >= 15 is 0 Å². The molecular weight excluding hydrogens is 294 g/mol. The Kier molecular flexibility index (Phi) is 5.59. The summed E-state index contributed by atoms with van der Waals surface area (Å²) in [5, 5.41) is 12.5. The number of aliphatic hydroxyl groups excluding tert-OH is 1. The smallest absolute Gasteiger partial charge is 0.127 e. The van der Waals surface area contributed by atoms with Gasteiger partial charge in [-0.25, -0.2) is 0 Å². The normalized spacial score (nSPS) is 18.0. The Morgan fingerprint density at radius 3 is 2.91 bits per heavy atom. The van der Waals surface area contributed by atoms with E-state index in [4.69, 9.17) is 4.74 Å². The maximum Gasteiger partial charge on any atom is 0.127 e. The lowest BCUT2D eigenvalue weighted by Crippen LogP contribution is -2.36. The van der Waals surface area contributed by atoms with Crippen molar-refractivity contribution in [3.63, 3.8) is 0 Å². The number of hydrogen-bond donors (Lipinski definition) is 1. The maximum absolute atomic E-state index is 10.3. The second-order valence-electron chi connectivity index (χ2n) is 5.71. The summed E-state index contributed by atoms with van der Waals surface area (Å²) in [7, 11) is 0. The van der Waals surface area contributed by atoms with Crippen LogP contribution < -0.4 is 4.74 Å². The lowest BCUT2D eigenvalue weighted by molar-refractivity contribution is 0.0713. The molecule has 118 valence electrons. The molecule has 0 aliphatic carbocycles. The number of aliphatic hydroxyl groups is 1. The molecule has 4 heteroatoms. The summed E-state index contributed by atoms with van der Waals surface area (Å²) < 4.78 is 5.87. The van der Waals surface area contributed by atoms with Crippen LogP contribution in [0.3, 0.4) is 0 Å². The van der Waals surface area contributed by atoms with Gasteiger partial charge in [0, 0.05) is 24.2 Å². The van der Waals surface area contributed by atoms with Crippen LogP contribution >= 0.6 is 11.8 Å². The van der Waals surface area contributed by atoms with E-state index < -0.39 is 6.10 Å². The van der Waals surface area contributed by atoms with Crippen molar-refractivity contribution >= 4 is 22.5 Å². The van der Waals surface area contributed by atoms with Crippen LogP contribution in [0.25, 0.3) is 10.8 Å². The summed E-state index contributed by atoms with van der Waals surface area (Å²) in [6.45, 7) is 3.19. The molecule has 22 heavy (non-hydrogen) atoms. The van der Waals surface area contributed by atoms with Crippen molar-refractivity contribution in [1.82, 2.24) is 4.90 Å². The third-order valence-corrected chi connectivity index (χ3v) is 5.01. The van der Waals surface area contributed by atoms with Crippen LogP contribution in [0.1, 0.15) is 6.42 Å². The molecule has 1 atom stereocenters. The standard InChI is InChI=1S/C18H23NO2S/c20-16(13-19-9-4-11-22-12-10-19)14-21-18-8-3-6-15-5-1-2-7-17(15)18/h1-3,5-8,16,20H,4,9-14H2. The SMILES string of the molecule is OC(COc1cccc2ccccc12)CN1CCCSCC1. The topological polar surface area (TPSA) is 32.7 Å². The van der Waals surface area contributed by atoms with Gasteiger partial charge in [-0.05, 0) is 30.2 Å². The number of ether oxygens (including phenoxy) is 1. The fourth-order valence-electron chi connectivity index (χ4n) is 2.84. The molecule has 1 unspecified atom stereocenters.